The summed E-state index contributed by atoms with van der Waals surface area (Å²) in [6, 6.07) is 9.76. The van der Waals surface area contributed by atoms with Crippen molar-refractivity contribution in [1.82, 2.24) is 10.1 Å². The molecule has 1 aromatic heterocycles. The first-order chi connectivity index (χ1) is 9.74. The summed E-state index contributed by atoms with van der Waals surface area (Å²) in [5.74, 6) is 1.15. The molecule has 0 saturated heterocycles. The van der Waals surface area contributed by atoms with Crippen LogP contribution in [0.1, 0.15) is 49.2 Å². The van der Waals surface area contributed by atoms with Crippen molar-refractivity contribution in [3.8, 4) is 0 Å². The first kappa shape index (κ1) is 14.7. The maximum absolute atomic E-state index is 6.14. The highest BCUT2D eigenvalue weighted by Crippen LogP contribution is 2.20. The van der Waals surface area contributed by atoms with Crippen LogP contribution >= 0.6 is 0 Å². The topological polar surface area (TPSA) is 74.2 Å². The van der Waals surface area contributed by atoms with Crippen LogP contribution in [-0.4, -0.2) is 17.3 Å². The third-order valence-corrected chi connectivity index (χ3v) is 3.23. The lowest BCUT2D eigenvalue weighted by Gasteiger charge is -2.09. The molecular weight excluding hydrogens is 254 g/mol. The van der Waals surface area contributed by atoms with E-state index < -0.39 is 0 Å². The second-order valence-corrected chi connectivity index (χ2v) is 4.78. The Morgan fingerprint density at radius 1 is 1.30 bits per heavy atom. The molecule has 0 aliphatic heterocycles. The van der Waals surface area contributed by atoms with Crippen molar-refractivity contribution in [3.05, 3.63) is 47.6 Å². The van der Waals surface area contributed by atoms with Crippen LogP contribution in [0.15, 0.2) is 34.9 Å². The van der Waals surface area contributed by atoms with E-state index in [2.05, 4.69) is 17.1 Å². The maximum atomic E-state index is 6.14. The van der Waals surface area contributed by atoms with Gasteiger partial charge in [-0.2, -0.15) is 4.98 Å². The monoisotopic (exact) mass is 275 g/mol. The summed E-state index contributed by atoms with van der Waals surface area (Å²) in [5.41, 5.74) is 7.20. The zero-order valence-electron chi connectivity index (χ0n) is 12.0. The Kier molecular flexibility index (Phi) is 5.26. The molecule has 2 rings (SSSR count). The lowest BCUT2D eigenvalue weighted by atomic mass is 10.1. The molecule has 1 heterocycles. The fourth-order valence-corrected chi connectivity index (χ4v) is 2.10. The second kappa shape index (κ2) is 7.17. The van der Waals surface area contributed by atoms with E-state index in [0.717, 1.165) is 18.4 Å². The van der Waals surface area contributed by atoms with Crippen molar-refractivity contribution >= 4 is 0 Å². The molecule has 2 aromatic rings. The Morgan fingerprint density at radius 2 is 2.05 bits per heavy atom. The molecule has 1 aromatic carbocycles. The number of nitrogens with zero attached hydrogens (tertiary/aromatic N) is 2. The van der Waals surface area contributed by atoms with Gasteiger partial charge in [-0.05, 0) is 12.0 Å². The van der Waals surface area contributed by atoms with Crippen LogP contribution in [0.4, 0.5) is 0 Å². The minimum Gasteiger partial charge on any atom is -0.373 e. The SMILES string of the molecule is CCCC(OC)c1noc(CC(N)c2ccccc2)n1. The quantitative estimate of drug-likeness (QED) is 0.841. The number of rotatable bonds is 7. The molecule has 2 atom stereocenters. The number of nitrogens with two attached hydrogens (primary N) is 1. The van der Waals surface area contributed by atoms with Crippen LogP contribution in [-0.2, 0) is 11.2 Å². The van der Waals surface area contributed by atoms with E-state index in [1.807, 2.05) is 30.3 Å². The van der Waals surface area contributed by atoms with Gasteiger partial charge >= 0.3 is 0 Å². The first-order valence-corrected chi connectivity index (χ1v) is 6.90. The second-order valence-electron chi connectivity index (χ2n) is 4.78. The van der Waals surface area contributed by atoms with Gasteiger partial charge in [-0.1, -0.05) is 48.8 Å². The van der Waals surface area contributed by atoms with Gasteiger partial charge in [0.2, 0.25) is 11.7 Å². The summed E-state index contributed by atoms with van der Waals surface area (Å²) < 4.78 is 10.6. The minimum atomic E-state index is -0.142. The van der Waals surface area contributed by atoms with E-state index in [4.69, 9.17) is 15.0 Å². The smallest absolute Gasteiger partial charge is 0.228 e. The van der Waals surface area contributed by atoms with Crippen LogP contribution in [0.3, 0.4) is 0 Å². The van der Waals surface area contributed by atoms with E-state index in [1.54, 1.807) is 7.11 Å². The molecule has 0 amide bonds. The Hall–Kier alpha value is -1.72. The normalized spacial score (nSPS) is 14.2. The van der Waals surface area contributed by atoms with E-state index in [9.17, 15) is 0 Å². The molecule has 20 heavy (non-hydrogen) atoms. The first-order valence-electron chi connectivity index (χ1n) is 6.90. The molecule has 2 unspecified atom stereocenters. The summed E-state index contributed by atoms with van der Waals surface area (Å²) in [6.07, 6.45) is 2.30. The van der Waals surface area contributed by atoms with E-state index in [-0.39, 0.29) is 12.1 Å². The zero-order valence-corrected chi connectivity index (χ0v) is 12.0. The fourth-order valence-electron chi connectivity index (χ4n) is 2.10. The van der Waals surface area contributed by atoms with Crippen molar-refractivity contribution in [2.75, 3.05) is 7.11 Å². The highest BCUT2D eigenvalue weighted by atomic mass is 16.5. The number of benzene rings is 1. The average Bonchev–Trinajstić information content (AvgIpc) is 2.94. The summed E-state index contributed by atoms with van der Waals surface area (Å²) in [6.45, 7) is 2.10. The average molecular weight is 275 g/mol. The van der Waals surface area contributed by atoms with E-state index in [0.29, 0.717) is 18.1 Å². The largest absolute Gasteiger partial charge is 0.373 e. The van der Waals surface area contributed by atoms with Crippen LogP contribution in [0.5, 0.6) is 0 Å². The number of methoxy groups -OCH3 is 1. The predicted molar refractivity (Wildman–Crippen MR) is 76.0 cm³/mol. The summed E-state index contributed by atoms with van der Waals surface area (Å²) in [4.78, 5) is 4.38. The van der Waals surface area contributed by atoms with Gasteiger partial charge in [0.1, 0.15) is 6.10 Å². The number of aromatic nitrogens is 2. The molecule has 0 aliphatic rings. The maximum Gasteiger partial charge on any atom is 0.228 e. The number of hydrogen-bond acceptors (Lipinski definition) is 5. The Labute approximate surface area is 119 Å². The fraction of sp³-hybridized carbons (Fsp3) is 0.467. The lowest BCUT2D eigenvalue weighted by molar-refractivity contribution is 0.0854. The van der Waals surface area contributed by atoms with E-state index >= 15 is 0 Å². The van der Waals surface area contributed by atoms with Crippen molar-refractivity contribution in [2.45, 2.75) is 38.3 Å². The molecule has 0 saturated carbocycles. The Balaban J connectivity index is 2.02. The molecular formula is C15H21N3O2. The minimum absolute atomic E-state index is 0.106. The molecule has 5 nitrogen and oxygen atoms in total. The van der Waals surface area contributed by atoms with Gasteiger partial charge in [-0.25, -0.2) is 0 Å². The predicted octanol–water partition coefficient (Wildman–Crippen LogP) is 2.80. The lowest BCUT2D eigenvalue weighted by Crippen LogP contribution is -2.13. The van der Waals surface area contributed by atoms with Gasteiger partial charge in [0.25, 0.3) is 0 Å². The molecule has 108 valence electrons. The van der Waals surface area contributed by atoms with Crippen LogP contribution < -0.4 is 5.73 Å². The van der Waals surface area contributed by atoms with Gasteiger partial charge in [0.15, 0.2) is 0 Å². The summed E-state index contributed by atoms with van der Waals surface area (Å²) in [5, 5.41) is 3.99. The van der Waals surface area contributed by atoms with Crippen molar-refractivity contribution < 1.29 is 9.26 Å². The molecule has 0 radical (unpaired) electrons. The van der Waals surface area contributed by atoms with Crippen LogP contribution in [0, 0.1) is 0 Å². The van der Waals surface area contributed by atoms with Crippen molar-refractivity contribution in [1.29, 1.82) is 0 Å². The number of ether oxygens (including phenoxy) is 1. The molecule has 5 heteroatoms. The Bertz CT molecular complexity index is 513. The highest BCUT2D eigenvalue weighted by Gasteiger charge is 2.18. The van der Waals surface area contributed by atoms with Gasteiger partial charge in [0, 0.05) is 19.6 Å². The third kappa shape index (κ3) is 3.65. The molecule has 0 bridgehead atoms. The zero-order chi connectivity index (χ0) is 14.4. The van der Waals surface area contributed by atoms with Gasteiger partial charge < -0.3 is 15.0 Å². The molecule has 0 spiro atoms. The summed E-state index contributed by atoms with van der Waals surface area (Å²) >= 11 is 0. The van der Waals surface area contributed by atoms with Gasteiger partial charge in [0.05, 0.1) is 0 Å². The van der Waals surface area contributed by atoms with Crippen molar-refractivity contribution in [2.24, 2.45) is 5.73 Å². The summed E-state index contributed by atoms with van der Waals surface area (Å²) in [7, 11) is 1.66. The Morgan fingerprint density at radius 3 is 2.70 bits per heavy atom. The standard InChI is InChI=1S/C15H21N3O2/c1-3-7-13(19-2)15-17-14(20-18-15)10-12(16)11-8-5-4-6-9-11/h4-6,8-9,12-13H,3,7,10,16H2,1-2H3. The number of hydrogen-bond donors (Lipinski definition) is 1. The van der Waals surface area contributed by atoms with E-state index in [1.165, 1.54) is 0 Å². The molecule has 2 N–H and O–H groups in total. The molecule has 0 aliphatic carbocycles. The third-order valence-electron chi connectivity index (χ3n) is 3.23. The van der Waals surface area contributed by atoms with Gasteiger partial charge in [-0.15, -0.1) is 0 Å². The van der Waals surface area contributed by atoms with Crippen LogP contribution in [0.25, 0.3) is 0 Å². The van der Waals surface area contributed by atoms with Gasteiger partial charge in [-0.3, -0.25) is 0 Å². The molecule has 0 fully saturated rings. The van der Waals surface area contributed by atoms with Crippen LogP contribution in [0.2, 0.25) is 0 Å². The highest BCUT2D eigenvalue weighted by molar-refractivity contribution is 5.19. The van der Waals surface area contributed by atoms with Crippen molar-refractivity contribution in [3.63, 3.8) is 0 Å².